The number of amidine groups is 1. The van der Waals surface area contributed by atoms with Crippen LogP contribution in [0, 0.1) is 0 Å². The third-order valence-corrected chi connectivity index (χ3v) is 5.13. The molecule has 132 valence electrons. The fourth-order valence-corrected chi connectivity index (χ4v) is 3.51. The number of anilines is 1. The van der Waals surface area contributed by atoms with Crippen LogP contribution < -0.4 is 4.90 Å². The molecule has 26 heavy (non-hydrogen) atoms. The van der Waals surface area contributed by atoms with Crippen LogP contribution in [-0.2, 0) is 4.79 Å². The summed E-state index contributed by atoms with van der Waals surface area (Å²) in [7, 11) is 0. The van der Waals surface area contributed by atoms with Crippen molar-refractivity contribution in [2.75, 3.05) is 10.7 Å². The van der Waals surface area contributed by atoms with Gasteiger partial charge in [0.2, 0.25) is 5.91 Å². The molecule has 2 aromatic carbocycles. The minimum absolute atomic E-state index is 0.0686. The van der Waals surface area contributed by atoms with Gasteiger partial charge in [0.25, 0.3) is 0 Å². The van der Waals surface area contributed by atoms with Gasteiger partial charge in [-0.3, -0.25) is 9.69 Å². The van der Waals surface area contributed by atoms with Gasteiger partial charge in [0.1, 0.15) is 0 Å². The Morgan fingerprint density at radius 3 is 2.62 bits per heavy atom. The summed E-state index contributed by atoms with van der Waals surface area (Å²) in [5.41, 5.74) is 1.48. The summed E-state index contributed by atoms with van der Waals surface area (Å²) in [6.45, 7) is 0. The largest absolute Gasteiger partial charge is 0.273 e. The van der Waals surface area contributed by atoms with Gasteiger partial charge in [-0.05, 0) is 42.0 Å². The Kier molecular flexibility index (Phi) is 6.38. The normalized spacial score (nSPS) is 16.9. The molecular formula is C18H12Cl3N3OS. The molecule has 0 saturated carbocycles. The van der Waals surface area contributed by atoms with Crippen LogP contribution in [0.2, 0.25) is 10.0 Å². The number of amides is 1. The number of hydrogen-bond acceptors (Lipinski definition) is 4. The number of nitrogens with zero attached hydrogens (tertiary/aromatic N) is 3. The lowest BCUT2D eigenvalue weighted by atomic mass is 10.2. The minimum atomic E-state index is -0.0686. The second-order valence-corrected chi connectivity index (χ2v) is 7.39. The maximum atomic E-state index is 12.1. The molecule has 0 atom stereocenters. The van der Waals surface area contributed by atoms with Gasteiger partial charge in [0, 0.05) is 15.1 Å². The molecule has 0 aliphatic carbocycles. The van der Waals surface area contributed by atoms with Crippen LogP contribution in [0.15, 0.2) is 64.8 Å². The number of carbonyl (C=O) groups excluding carboxylic acids is 1. The van der Waals surface area contributed by atoms with Crippen LogP contribution in [0.5, 0.6) is 0 Å². The van der Waals surface area contributed by atoms with Crippen LogP contribution in [0.4, 0.5) is 5.69 Å². The Morgan fingerprint density at radius 1 is 1.12 bits per heavy atom. The number of carbonyl (C=O) groups is 1. The second kappa shape index (κ2) is 8.73. The van der Waals surface area contributed by atoms with Crippen molar-refractivity contribution in [2.45, 2.75) is 0 Å². The topological polar surface area (TPSA) is 45.0 Å². The van der Waals surface area contributed by atoms with Crippen molar-refractivity contribution >= 4 is 74.6 Å². The molecule has 0 aromatic heterocycles. The molecule has 1 heterocycles. The van der Waals surface area contributed by atoms with E-state index in [-0.39, 0.29) is 5.91 Å². The van der Waals surface area contributed by atoms with Crippen molar-refractivity contribution in [1.29, 1.82) is 0 Å². The molecule has 4 nitrogen and oxygen atoms in total. The lowest BCUT2D eigenvalue weighted by molar-refractivity contribution is -0.115. The summed E-state index contributed by atoms with van der Waals surface area (Å²) < 4.78 is 0. The zero-order chi connectivity index (χ0) is 18.5. The van der Waals surface area contributed by atoms with Crippen LogP contribution in [-0.4, -0.2) is 23.0 Å². The predicted molar refractivity (Wildman–Crippen MR) is 113 cm³/mol. The summed E-state index contributed by atoms with van der Waals surface area (Å²) in [6, 6.07) is 14.2. The van der Waals surface area contributed by atoms with E-state index in [1.54, 1.807) is 42.5 Å². The monoisotopic (exact) mass is 423 g/mol. The van der Waals surface area contributed by atoms with Crippen LogP contribution in [0.3, 0.4) is 0 Å². The summed E-state index contributed by atoms with van der Waals surface area (Å²) in [4.78, 5) is 13.6. The van der Waals surface area contributed by atoms with Gasteiger partial charge in [-0.15, -0.1) is 5.10 Å². The third kappa shape index (κ3) is 4.68. The van der Waals surface area contributed by atoms with E-state index in [2.05, 4.69) is 10.2 Å². The van der Waals surface area contributed by atoms with E-state index in [9.17, 15) is 4.79 Å². The van der Waals surface area contributed by atoms with E-state index >= 15 is 0 Å². The van der Waals surface area contributed by atoms with Gasteiger partial charge in [0.15, 0.2) is 5.17 Å². The van der Waals surface area contributed by atoms with Gasteiger partial charge in [-0.25, -0.2) is 0 Å². The molecule has 1 saturated heterocycles. The Bertz CT molecular complexity index is 910. The first kappa shape index (κ1) is 19.0. The highest BCUT2D eigenvalue weighted by Crippen LogP contribution is 2.28. The highest BCUT2D eigenvalue weighted by Gasteiger charge is 2.29. The molecular weight excluding hydrogens is 413 g/mol. The van der Waals surface area contributed by atoms with Crippen LogP contribution in [0.25, 0.3) is 5.03 Å². The SMILES string of the molecule is O=C1CS\C(=N/N=C/C=C(\Cl)c2ccc(Cl)cc2)N1c1cccc(Cl)c1. The van der Waals surface area contributed by atoms with Crippen LogP contribution in [0.1, 0.15) is 5.56 Å². The smallest absolute Gasteiger partial charge is 0.243 e. The van der Waals surface area contributed by atoms with E-state index in [0.717, 1.165) is 5.56 Å². The van der Waals surface area contributed by atoms with E-state index in [0.29, 0.717) is 31.7 Å². The first-order chi connectivity index (χ1) is 12.5. The van der Waals surface area contributed by atoms with E-state index in [1.165, 1.54) is 22.9 Å². The van der Waals surface area contributed by atoms with Crippen molar-refractivity contribution in [1.82, 2.24) is 0 Å². The standard InChI is InChI=1S/C18H12Cl3N3OS/c19-13-6-4-12(5-7-13)16(21)8-9-22-23-18-24(17(25)11-26-18)15-3-1-2-14(20)10-15/h1-10H,11H2/b16-8-,22-9+,23-18-. The van der Waals surface area contributed by atoms with E-state index in [1.807, 2.05) is 12.1 Å². The zero-order valence-corrected chi connectivity index (χ0v) is 16.4. The number of halogens is 3. The second-order valence-electron chi connectivity index (χ2n) is 5.17. The summed E-state index contributed by atoms with van der Waals surface area (Å²) in [5.74, 6) is 0.239. The quantitative estimate of drug-likeness (QED) is 0.467. The lowest BCUT2D eigenvalue weighted by Gasteiger charge is -2.15. The lowest BCUT2D eigenvalue weighted by Crippen LogP contribution is -2.28. The summed E-state index contributed by atoms with van der Waals surface area (Å²) in [6.07, 6.45) is 3.10. The van der Waals surface area contributed by atoms with Gasteiger partial charge in [0.05, 0.1) is 17.7 Å². The Labute approximate surface area is 170 Å². The molecule has 3 rings (SSSR count). The van der Waals surface area contributed by atoms with E-state index < -0.39 is 0 Å². The number of benzene rings is 2. The predicted octanol–water partition coefficient (Wildman–Crippen LogP) is 5.69. The maximum Gasteiger partial charge on any atom is 0.243 e. The molecule has 1 aliphatic heterocycles. The zero-order valence-electron chi connectivity index (χ0n) is 13.3. The van der Waals surface area contributed by atoms with Crippen LogP contribution >= 0.6 is 46.6 Å². The van der Waals surface area contributed by atoms with Crippen molar-refractivity contribution in [3.05, 3.63) is 70.2 Å². The molecule has 1 amide bonds. The molecule has 1 fully saturated rings. The first-order valence-electron chi connectivity index (χ1n) is 7.48. The van der Waals surface area contributed by atoms with Crippen molar-refractivity contribution in [3.63, 3.8) is 0 Å². The Morgan fingerprint density at radius 2 is 1.88 bits per heavy atom. The number of hydrogen-bond donors (Lipinski definition) is 0. The number of thioether (sulfide) groups is 1. The highest BCUT2D eigenvalue weighted by atomic mass is 35.5. The third-order valence-electron chi connectivity index (χ3n) is 3.38. The molecule has 8 heteroatoms. The van der Waals surface area contributed by atoms with Crippen molar-refractivity contribution in [2.24, 2.45) is 10.2 Å². The summed E-state index contributed by atoms with van der Waals surface area (Å²) >= 11 is 19.4. The molecule has 0 unspecified atom stereocenters. The summed E-state index contributed by atoms with van der Waals surface area (Å²) in [5, 5.41) is 10.3. The average Bonchev–Trinajstić information content (AvgIpc) is 2.99. The Hall–Kier alpha value is -1.79. The fourth-order valence-electron chi connectivity index (χ4n) is 2.19. The molecule has 0 bridgehead atoms. The number of rotatable bonds is 4. The van der Waals surface area contributed by atoms with Crippen molar-refractivity contribution < 1.29 is 4.79 Å². The maximum absolute atomic E-state index is 12.1. The molecule has 0 spiro atoms. The highest BCUT2D eigenvalue weighted by molar-refractivity contribution is 8.15. The van der Waals surface area contributed by atoms with Gasteiger partial charge in [-0.1, -0.05) is 64.8 Å². The molecule has 0 radical (unpaired) electrons. The Balaban J connectivity index is 1.76. The fraction of sp³-hybridized carbons (Fsp3) is 0.0556. The van der Waals surface area contributed by atoms with Gasteiger partial charge >= 0.3 is 0 Å². The molecule has 0 N–H and O–H groups in total. The molecule has 2 aromatic rings. The minimum Gasteiger partial charge on any atom is -0.273 e. The van der Waals surface area contributed by atoms with Gasteiger partial charge < -0.3 is 0 Å². The number of allylic oxidation sites excluding steroid dienone is 1. The first-order valence-corrected chi connectivity index (χ1v) is 9.60. The van der Waals surface area contributed by atoms with Gasteiger partial charge in [-0.2, -0.15) is 5.10 Å². The average molecular weight is 425 g/mol. The van der Waals surface area contributed by atoms with E-state index in [4.69, 9.17) is 34.8 Å². The molecule has 1 aliphatic rings. The van der Waals surface area contributed by atoms with Crippen molar-refractivity contribution in [3.8, 4) is 0 Å².